The van der Waals surface area contributed by atoms with Crippen LogP contribution >= 0.6 is 12.4 Å². The lowest BCUT2D eigenvalue weighted by atomic mass is 9.91. The number of amides is 1. The molecule has 0 saturated heterocycles. The molecule has 1 saturated carbocycles. The van der Waals surface area contributed by atoms with Crippen molar-refractivity contribution in [1.82, 2.24) is 4.90 Å². The highest BCUT2D eigenvalue weighted by Gasteiger charge is 2.33. The van der Waals surface area contributed by atoms with E-state index in [0.717, 1.165) is 37.8 Å². The van der Waals surface area contributed by atoms with Crippen LogP contribution in [-0.2, 0) is 6.54 Å². The standard InChI is InChI=1S/C14H18N2O.ClH/c15-11-5-7-12(8-6-11)16-9-10-3-1-2-4-13(10)14(16)17;/h1-4,11-12H,5-9,15H2;1H/t11-,12-;. The maximum Gasteiger partial charge on any atom is 0.254 e. The minimum absolute atomic E-state index is 0. The van der Waals surface area contributed by atoms with Crippen molar-refractivity contribution in [3.63, 3.8) is 0 Å². The van der Waals surface area contributed by atoms with E-state index in [0.29, 0.717) is 12.1 Å². The van der Waals surface area contributed by atoms with Gasteiger partial charge in [0, 0.05) is 24.2 Å². The molecule has 1 heterocycles. The van der Waals surface area contributed by atoms with E-state index in [9.17, 15) is 4.79 Å². The summed E-state index contributed by atoms with van der Waals surface area (Å²) in [6, 6.07) is 8.68. The van der Waals surface area contributed by atoms with Gasteiger partial charge in [-0.25, -0.2) is 0 Å². The highest BCUT2D eigenvalue weighted by molar-refractivity contribution is 5.98. The number of benzene rings is 1. The molecule has 0 unspecified atom stereocenters. The van der Waals surface area contributed by atoms with Gasteiger partial charge in [-0.15, -0.1) is 12.4 Å². The summed E-state index contributed by atoms with van der Waals surface area (Å²) in [5, 5.41) is 0. The SMILES string of the molecule is Cl.N[C@H]1CC[C@H](N2Cc3ccccc3C2=O)CC1. The zero-order valence-electron chi connectivity index (χ0n) is 10.3. The zero-order chi connectivity index (χ0) is 11.8. The molecule has 0 atom stereocenters. The lowest BCUT2D eigenvalue weighted by Crippen LogP contribution is -2.40. The van der Waals surface area contributed by atoms with Crippen LogP contribution in [0.3, 0.4) is 0 Å². The van der Waals surface area contributed by atoms with Gasteiger partial charge in [-0.2, -0.15) is 0 Å². The number of nitrogens with two attached hydrogens (primary N) is 1. The van der Waals surface area contributed by atoms with Crippen LogP contribution in [-0.4, -0.2) is 22.9 Å². The predicted octanol–water partition coefficient (Wildman–Crippen LogP) is 2.33. The van der Waals surface area contributed by atoms with Crippen LogP contribution in [0.25, 0.3) is 0 Å². The van der Waals surface area contributed by atoms with Gasteiger partial charge in [0.1, 0.15) is 0 Å². The molecular formula is C14H19ClN2O. The number of hydrogen-bond acceptors (Lipinski definition) is 2. The van der Waals surface area contributed by atoms with Crippen molar-refractivity contribution in [1.29, 1.82) is 0 Å². The maximum atomic E-state index is 12.3. The molecule has 4 heteroatoms. The number of hydrogen-bond donors (Lipinski definition) is 1. The Kier molecular flexibility index (Phi) is 3.93. The third kappa shape index (κ3) is 2.25. The Bertz CT molecular complexity index is 441. The van der Waals surface area contributed by atoms with Crippen molar-refractivity contribution < 1.29 is 4.79 Å². The Balaban J connectivity index is 0.00000120. The number of rotatable bonds is 1. The average Bonchev–Trinajstić information content (AvgIpc) is 2.69. The molecule has 2 N–H and O–H groups in total. The fourth-order valence-corrected chi connectivity index (χ4v) is 2.99. The molecule has 0 radical (unpaired) electrons. The molecule has 18 heavy (non-hydrogen) atoms. The number of carbonyl (C=O) groups is 1. The Labute approximate surface area is 114 Å². The normalized spacial score (nSPS) is 26.7. The summed E-state index contributed by atoms with van der Waals surface area (Å²) in [7, 11) is 0. The van der Waals surface area contributed by atoms with E-state index >= 15 is 0 Å². The topological polar surface area (TPSA) is 46.3 Å². The minimum atomic E-state index is 0. The van der Waals surface area contributed by atoms with Crippen LogP contribution in [0.5, 0.6) is 0 Å². The molecule has 0 bridgehead atoms. The van der Waals surface area contributed by atoms with Crippen LogP contribution in [0.1, 0.15) is 41.6 Å². The quantitative estimate of drug-likeness (QED) is 0.848. The van der Waals surface area contributed by atoms with Crippen molar-refractivity contribution in [3.05, 3.63) is 35.4 Å². The second-order valence-electron chi connectivity index (χ2n) is 5.16. The third-order valence-electron chi connectivity index (χ3n) is 4.03. The van der Waals surface area contributed by atoms with Gasteiger partial charge in [-0.1, -0.05) is 18.2 Å². The largest absolute Gasteiger partial charge is 0.331 e. The average molecular weight is 267 g/mol. The molecule has 2 aliphatic rings. The van der Waals surface area contributed by atoms with Crippen LogP contribution in [0, 0.1) is 0 Å². The lowest BCUT2D eigenvalue weighted by molar-refractivity contribution is 0.0652. The first-order valence-electron chi connectivity index (χ1n) is 6.40. The van der Waals surface area contributed by atoms with E-state index in [1.807, 2.05) is 23.1 Å². The molecule has 0 spiro atoms. The Morgan fingerprint density at radius 3 is 2.44 bits per heavy atom. The molecule has 1 fully saturated rings. The van der Waals surface area contributed by atoms with E-state index in [2.05, 4.69) is 6.07 Å². The van der Waals surface area contributed by atoms with Crippen molar-refractivity contribution in [2.24, 2.45) is 5.73 Å². The molecular weight excluding hydrogens is 248 g/mol. The van der Waals surface area contributed by atoms with Crippen LogP contribution in [0.4, 0.5) is 0 Å². The first-order valence-corrected chi connectivity index (χ1v) is 6.40. The number of fused-ring (bicyclic) bond motifs is 1. The molecule has 0 aromatic heterocycles. The maximum absolute atomic E-state index is 12.3. The Morgan fingerprint density at radius 2 is 1.78 bits per heavy atom. The minimum Gasteiger partial charge on any atom is -0.331 e. The molecule has 1 aliphatic carbocycles. The third-order valence-corrected chi connectivity index (χ3v) is 4.03. The van der Waals surface area contributed by atoms with Gasteiger partial charge in [0.25, 0.3) is 5.91 Å². The molecule has 1 aliphatic heterocycles. The lowest BCUT2D eigenvalue weighted by Gasteiger charge is -2.33. The highest BCUT2D eigenvalue weighted by Crippen LogP contribution is 2.30. The first kappa shape index (κ1) is 13.4. The fraction of sp³-hybridized carbons (Fsp3) is 0.500. The second kappa shape index (κ2) is 5.29. The van der Waals surface area contributed by atoms with Crippen LogP contribution < -0.4 is 5.73 Å². The van der Waals surface area contributed by atoms with E-state index in [4.69, 9.17) is 5.73 Å². The molecule has 3 nitrogen and oxygen atoms in total. The van der Waals surface area contributed by atoms with E-state index in [1.54, 1.807) is 0 Å². The van der Waals surface area contributed by atoms with Gasteiger partial charge in [0.05, 0.1) is 0 Å². The van der Waals surface area contributed by atoms with Crippen molar-refractivity contribution >= 4 is 18.3 Å². The monoisotopic (exact) mass is 266 g/mol. The summed E-state index contributed by atoms with van der Waals surface area (Å²) in [4.78, 5) is 14.3. The van der Waals surface area contributed by atoms with E-state index in [1.165, 1.54) is 5.56 Å². The molecule has 1 aromatic carbocycles. The van der Waals surface area contributed by atoms with Gasteiger partial charge in [-0.05, 0) is 37.3 Å². The van der Waals surface area contributed by atoms with Crippen molar-refractivity contribution in [2.45, 2.75) is 44.3 Å². The molecule has 1 amide bonds. The van der Waals surface area contributed by atoms with Crippen molar-refractivity contribution in [3.8, 4) is 0 Å². The van der Waals surface area contributed by atoms with Gasteiger partial charge < -0.3 is 10.6 Å². The van der Waals surface area contributed by atoms with Gasteiger partial charge >= 0.3 is 0 Å². The summed E-state index contributed by atoms with van der Waals surface area (Å²) < 4.78 is 0. The van der Waals surface area contributed by atoms with Gasteiger partial charge in [-0.3, -0.25) is 4.79 Å². The highest BCUT2D eigenvalue weighted by atomic mass is 35.5. The molecule has 3 rings (SSSR count). The number of halogens is 1. The summed E-state index contributed by atoms with van der Waals surface area (Å²) in [5.74, 6) is 0.209. The van der Waals surface area contributed by atoms with Gasteiger partial charge in [0.15, 0.2) is 0 Å². The summed E-state index contributed by atoms with van der Waals surface area (Å²) in [6.45, 7) is 0.787. The Hall–Kier alpha value is -1.06. The van der Waals surface area contributed by atoms with Gasteiger partial charge in [0.2, 0.25) is 0 Å². The van der Waals surface area contributed by atoms with E-state index in [-0.39, 0.29) is 18.3 Å². The second-order valence-corrected chi connectivity index (χ2v) is 5.16. The summed E-state index contributed by atoms with van der Waals surface area (Å²) in [5.41, 5.74) is 7.98. The summed E-state index contributed by atoms with van der Waals surface area (Å²) in [6.07, 6.45) is 4.21. The van der Waals surface area contributed by atoms with E-state index < -0.39 is 0 Å². The molecule has 98 valence electrons. The van der Waals surface area contributed by atoms with Crippen LogP contribution in [0.2, 0.25) is 0 Å². The van der Waals surface area contributed by atoms with Crippen molar-refractivity contribution in [2.75, 3.05) is 0 Å². The Morgan fingerprint density at radius 1 is 1.11 bits per heavy atom. The summed E-state index contributed by atoms with van der Waals surface area (Å²) >= 11 is 0. The fourth-order valence-electron chi connectivity index (χ4n) is 2.99. The smallest absolute Gasteiger partial charge is 0.254 e. The first-order chi connectivity index (χ1) is 8.25. The zero-order valence-corrected chi connectivity index (χ0v) is 11.2. The predicted molar refractivity (Wildman–Crippen MR) is 73.8 cm³/mol. The van der Waals surface area contributed by atoms with Crippen LogP contribution in [0.15, 0.2) is 24.3 Å². The number of nitrogens with zero attached hydrogens (tertiary/aromatic N) is 1. The molecule has 1 aromatic rings. The number of carbonyl (C=O) groups excluding carboxylic acids is 1.